The highest BCUT2D eigenvalue weighted by Gasteiger charge is 2.35. The van der Waals surface area contributed by atoms with E-state index in [2.05, 4.69) is 10.6 Å². The molecule has 1 aliphatic carbocycles. The standard InChI is InChI=1S/C23H33N3O3/c1-16(2)26-15-18(14-21(26)27)23(29)25-20-12-10-17(11-13-20)22(28)24-19-8-6-4-3-5-7-9-19/h10-13,16,18-19H,3-9,14-15H2,1-2H3,(H,24,28)(H,25,29). The minimum atomic E-state index is -0.327. The van der Waals surface area contributed by atoms with E-state index in [4.69, 9.17) is 0 Å². The maximum Gasteiger partial charge on any atom is 0.251 e. The van der Waals surface area contributed by atoms with Gasteiger partial charge in [0.05, 0.1) is 5.92 Å². The molecule has 0 radical (unpaired) electrons. The van der Waals surface area contributed by atoms with Crippen molar-refractivity contribution >= 4 is 23.4 Å². The van der Waals surface area contributed by atoms with Gasteiger partial charge in [-0.1, -0.05) is 32.1 Å². The van der Waals surface area contributed by atoms with Crippen LogP contribution in [0.3, 0.4) is 0 Å². The summed E-state index contributed by atoms with van der Waals surface area (Å²) in [5, 5.41) is 6.04. The van der Waals surface area contributed by atoms with Gasteiger partial charge in [0.25, 0.3) is 5.91 Å². The number of carbonyl (C=O) groups is 3. The van der Waals surface area contributed by atoms with Gasteiger partial charge in [-0.15, -0.1) is 0 Å². The van der Waals surface area contributed by atoms with Crippen LogP contribution in [0, 0.1) is 5.92 Å². The third kappa shape index (κ3) is 5.81. The van der Waals surface area contributed by atoms with Crippen LogP contribution < -0.4 is 10.6 Å². The number of hydrogen-bond donors (Lipinski definition) is 2. The summed E-state index contributed by atoms with van der Waals surface area (Å²) in [6, 6.07) is 7.36. The van der Waals surface area contributed by atoms with Crippen LogP contribution in [0.1, 0.15) is 75.6 Å². The molecular formula is C23H33N3O3. The van der Waals surface area contributed by atoms with E-state index in [1.165, 1.54) is 32.1 Å². The molecule has 6 heteroatoms. The smallest absolute Gasteiger partial charge is 0.251 e. The number of nitrogens with zero attached hydrogens (tertiary/aromatic N) is 1. The molecule has 2 aliphatic rings. The predicted molar refractivity (Wildman–Crippen MR) is 114 cm³/mol. The molecule has 158 valence electrons. The van der Waals surface area contributed by atoms with Crippen molar-refractivity contribution in [3.05, 3.63) is 29.8 Å². The third-order valence-electron chi connectivity index (χ3n) is 6.01. The molecule has 1 unspecified atom stereocenters. The van der Waals surface area contributed by atoms with Gasteiger partial charge in [0.2, 0.25) is 11.8 Å². The molecule has 0 aromatic heterocycles. The lowest BCUT2D eigenvalue weighted by molar-refractivity contribution is -0.129. The van der Waals surface area contributed by atoms with Gasteiger partial charge in [0.15, 0.2) is 0 Å². The fourth-order valence-corrected chi connectivity index (χ4v) is 4.22. The molecule has 1 atom stereocenters. The molecule has 6 nitrogen and oxygen atoms in total. The van der Waals surface area contributed by atoms with Crippen molar-refractivity contribution in [2.75, 3.05) is 11.9 Å². The quantitative estimate of drug-likeness (QED) is 0.792. The second kappa shape index (κ2) is 9.90. The summed E-state index contributed by atoms with van der Waals surface area (Å²) in [6.45, 7) is 4.38. The number of amides is 3. The zero-order chi connectivity index (χ0) is 20.8. The number of nitrogens with one attached hydrogen (secondary N) is 2. The first-order valence-electron chi connectivity index (χ1n) is 11.0. The Bertz CT molecular complexity index is 721. The second-order valence-electron chi connectivity index (χ2n) is 8.62. The van der Waals surface area contributed by atoms with Crippen molar-refractivity contribution in [2.45, 2.75) is 77.3 Å². The Morgan fingerprint density at radius 2 is 1.62 bits per heavy atom. The van der Waals surface area contributed by atoms with Crippen LogP contribution in [0.25, 0.3) is 0 Å². The second-order valence-corrected chi connectivity index (χ2v) is 8.62. The van der Waals surface area contributed by atoms with E-state index < -0.39 is 0 Å². The first kappa shape index (κ1) is 21.3. The molecule has 1 heterocycles. The monoisotopic (exact) mass is 399 g/mol. The zero-order valence-electron chi connectivity index (χ0n) is 17.6. The SMILES string of the molecule is CC(C)N1CC(C(=O)Nc2ccc(C(=O)NC3CCCCCCC3)cc2)CC1=O. The number of anilines is 1. The van der Waals surface area contributed by atoms with E-state index in [1.807, 2.05) is 13.8 Å². The van der Waals surface area contributed by atoms with Crippen LogP contribution in [0.5, 0.6) is 0 Å². The fourth-order valence-electron chi connectivity index (χ4n) is 4.22. The molecule has 3 rings (SSSR count). The maximum atomic E-state index is 12.5. The van der Waals surface area contributed by atoms with Crippen LogP contribution in [-0.2, 0) is 9.59 Å². The Morgan fingerprint density at radius 1 is 1.00 bits per heavy atom. The van der Waals surface area contributed by atoms with Gasteiger partial charge in [-0.25, -0.2) is 0 Å². The largest absolute Gasteiger partial charge is 0.349 e. The summed E-state index contributed by atoms with van der Waals surface area (Å²) in [5.41, 5.74) is 1.25. The molecule has 2 N–H and O–H groups in total. The van der Waals surface area contributed by atoms with E-state index in [0.29, 0.717) is 17.8 Å². The van der Waals surface area contributed by atoms with Crippen LogP contribution in [0.4, 0.5) is 5.69 Å². The Balaban J connectivity index is 1.52. The van der Waals surface area contributed by atoms with Gasteiger partial charge >= 0.3 is 0 Å². The summed E-state index contributed by atoms with van der Waals surface area (Å²) in [4.78, 5) is 38.8. The number of benzene rings is 1. The average molecular weight is 400 g/mol. The summed E-state index contributed by atoms with van der Waals surface area (Å²) in [6.07, 6.45) is 8.51. The molecular weight excluding hydrogens is 366 g/mol. The van der Waals surface area contributed by atoms with Gasteiger partial charge in [0, 0.05) is 36.3 Å². The number of hydrogen-bond acceptors (Lipinski definition) is 3. The highest BCUT2D eigenvalue weighted by atomic mass is 16.2. The van der Waals surface area contributed by atoms with Gasteiger partial charge in [-0.05, 0) is 51.0 Å². The van der Waals surface area contributed by atoms with Crippen LogP contribution in [-0.4, -0.2) is 41.2 Å². The lowest BCUT2D eigenvalue weighted by Gasteiger charge is -2.21. The van der Waals surface area contributed by atoms with Crippen molar-refractivity contribution in [2.24, 2.45) is 5.92 Å². The van der Waals surface area contributed by atoms with Crippen molar-refractivity contribution in [1.29, 1.82) is 0 Å². The lowest BCUT2D eigenvalue weighted by atomic mass is 9.96. The van der Waals surface area contributed by atoms with Gasteiger partial charge < -0.3 is 15.5 Å². The molecule has 0 bridgehead atoms. The summed E-state index contributed by atoms with van der Waals surface area (Å²) in [5.74, 6) is -0.496. The van der Waals surface area contributed by atoms with E-state index in [0.717, 1.165) is 12.8 Å². The lowest BCUT2D eigenvalue weighted by Crippen LogP contribution is -2.35. The molecule has 1 saturated carbocycles. The van der Waals surface area contributed by atoms with E-state index >= 15 is 0 Å². The first-order chi connectivity index (χ1) is 13.9. The van der Waals surface area contributed by atoms with E-state index in [9.17, 15) is 14.4 Å². The first-order valence-corrected chi connectivity index (χ1v) is 11.0. The van der Waals surface area contributed by atoms with Crippen molar-refractivity contribution in [3.63, 3.8) is 0 Å². The Kier molecular flexibility index (Phi) is 7.29. The molecule has 1 saturated heterocycles. The zero-order valence-corrected chi connectivity index (χ0v) is 17.6. The average Bonchev–Trinajstić information content (AvgIpc) is 3.06. The normalized spacial score (nSPS) is 21.0. The van der Waals surface area contributed by atoms with Gasteiger partial charge in [0.1, 0.15) is 0 Å². The Hall–Kier alpha value is -2.37. The Morgan fingerprint density at radius 3 is 2.21 bits per heavy atom. The molecule has 3 amide bonds. The molecule has 0 spiro atoms. The minimum absolute atomic E-state index is 0.0291. The number of likely N-dealkylation sites (tertiary alicyclic amines) is 1. The van der Waals surface area contributed by atoms with E-state index in [-0.39, 0.29) is 42.1 Å². The minimum Gasteiger partial charge on any atom is -0.349 e. The third-order valence-corrected chi connectivity index (χ3v) is 6.01. The molecule has 1 aromatic carbocycles. The Labute approximate surface area is 173 Å². The van der Waals surface area contributed by atoms with Crippen molar-refractivity contribution < 1.29 is 14.4 Å². The molecule has 1 aromatic rings. The van der Waals surface area contributed by atoms with Crippen LogP contribution in [0.15, 0.2) is 24.3 Å². The fraction of sp³-hybridized carbons (Fsp3) is 0.609. The maximum absolute atomic E-state index is 12.5. The van der Waals surface area contributed by atoms with Crippen LogP contribution >= 0.6 is 0 Å². The highest BCUT2D eigenvalue weighted by molar-refractivity contribution is 5.98. The summed E-state index contributed by atoms with van der Waals surface area (Å²) in [7, 11) is 0. The van der Waals surface area contributed by atoms with Gasteiger partial charge in [-0.3, -0.25) is 14.4 Å². The molecule has 1 aliphatic heterocycles. The topological polar surface area (TPSA) is 78.5 Å². The van der Waals surface area contributed by atoms with Gasteiger partial charge in [-0.2, -0.15) is 0 Å². The molecule has 2 fully saturated rings. The summed E-state index contributed by atoms with van der Waals surface area (Å²) < 4.78 is 0. The van der Waals surface area contributed by atoms with Crippen LogP contribution in [0.2, 0.25) is 0 Å². The van der Waals surface area contributed by atoms with Crippen molar-refractivity contribution in [1.82, 2.24) is 10.2 Å². The molecule has 29 heavy (non-hydrogen) atoms. The predicted octanol–water partition coefficient (Wildman–Crippen LogP) is 3.72. The highest BCUT2D eigenvalue weighted by Crippen LogP contribution is 2.22. The number of rotatable bonds is 5. The summed E-state index contributed by atoms with van der Waals surface area (Å²) >= 11 is 0. The van der Waals surface area contributed by atoms with E-state index in [1.54, 1.807) is 29.2 Å². The van der Waals surface area contributed by atoms with Crippen molar-refractivity contribution in [3.8, 4) is 0 Å². The number of carbonyl (C=O) groups excluding carboxylic acids is 3.